The van der Waals surface area contributed by atoms with E-state index < -0.39 is 10.2 Å². The lowest BCUT2D eigenvalue weighted by Gasteiger charge is -2.42. The van der Waals surface area contributed by atoms with E-state index in [0.29, 0.717) is 19.6 Å². The second kappa shape index (κ2) is 6.94. The molecule has 0 radical (unpaired) electrons. The van der Waals surface area contributed by atoms with Crippen LogP contribution in [0.4, 0.5) is 0 Å². The van der Waals surface area contributed by atoms with Crippen molar-refractivity contribution in [2.45, 2.75) is 58.9 Å². The molecule has 2 fully saturated rings. The molecule has 2 aliphatic heterocycles. The van der Waals surface area contributed by atoms with Crippen molar-refractivity contribution in [3.8, 4) is 0 Å². The van der Waals surface area contributed by atoms with E-state index in [1.165, 1.54) is 0 Å². The molecule has 2 heterocycles. The fourth-order valence-corrected chi connectivity index (χ4v) is 5.59. The third-order valence-electron chi connectivity index (χ3n) is 4.69. The van der Waals surface area contributed by atoms with Gasteiger partial charge in [0.05, 0.1) is 0 Å². The third kappa shape index (κ3) is 4.18. The zero-order chi connectivity index (χ0) is 15.5. The van der Waals surface area contributed by atoms with Crippen LogP contribution in [0.5, 0.6) is 0 Å². The molecule has 5 nitrogen and oxygen atoms in total. The average Bonchev–Trinajstić information content (AvgIpc) is 2.44. The number of nitrogens with zero attached hydrogens (tertiary/aromatic N) is 2. The van der Waals surface area contributed by atoms with Crippen molar-refractivity contribution in [3.63, 3.8) is 0 Å². The minimum Gasteiger partial charge on any atom is -0.315 e. The Balaban J connectivity index is 2.12. The van der Waals surface area contributed by atoms with Gasteiger partial charge in [-0.25, -0.2) is 0 Å². The Kier molecular flexibility index (Phi) is 5.68. The molecule has 124 valence electrons. The standard InChI is InChI=1S/C15H31N3O2S/c1-4-16-12-14-8-5-6-11-18(14)21(19,20)17-10-7-9-15(2,3)13-17/h14,16H,4-13H2,1-3H3. The van der Waals surface area contributed by atoms with Crippen molar-refractivity contribution in [1.82, 2.24) is 13.9 Å². The Morgan fingerprint density at radius 1 is 1.19 bits per heavy atom. The van der Waals surface area contributed by atoms with Crippen molar-refractivity contribution in [2.24, 2.45) is 5.41 Å². The first-order chi connectivity index (χ1) is 9.87. The van der Waals surface area contributed by atoms with Crippen molar-refractivity contribution >= 4 is 10.2 Å². The predicted octanol–water partition coefficient (Wildman–Crippen LogP) is 1.82. The van der Waals surface area contributed by atoms with Gasteiger partial charge in [-0.2, -0.15) is 17.0 Å². The van der Waals surface area contributed by atoms with Gasteiger partial charge in [0.2, 0.25) is 0 Å². The van der Waals surface area contributed by atoms with E-state index in [1.807, 2.05) is 0 Å². The summed E-state index contributed by atoms with van der Waals surface area (Å²) < 4.78 is 29.5. The van der Waals surface area contributed by atoms with E-state index in [4.69, 9.17) is 0 Å². The fraction of sp³-hybridized carbons (Fsp3) is 1.00. The second-order valence-electron chi connectivity index (χ2n) is 7.18. The molecule has 0 aromatic rings. The molecular formula is C15H31N3O2S. The van der Waals surface area contributed by atoms with E-state index in [1.54, 1.807) is 8.61 Å². The van der Waals surface area contributed by atoms with E-state index in [-0.39, 0.29) is 11.5 Å². The number of piperidine rings is 2. The van der Waals surface area contributed by atoms with Crippen LogP contribution in [-0.2, 0) is 10.2 Å². The van der Waals surface area contributed by atoms with Gasteiger partial charge in [0.15, 0.2) is 0 Å². The summed E-state index contributed by atoms with van der Waals surface area (Å²) in [5, 5.41) is 3.31. The van der Waals surface area contributed by atoms with Gasteiger partial charge in [-0.3, -0.25) is 0 Å². The molecule has 0 saturated carbocycles. The van der Waals surface area contributed by atoms with Gasteiger partial charge >= 0.3 is 0 Å². The molecule has 0 aromatic heterocycles. The van der Waals surface area contributed by atoms with Crippen molar-refractivity contribution < 1.29 is 8.42 Å². The van der Waals surface area contributed by atoms with Crippen LogP contribution in [0.2, 0.25) is 0 Å². The lowest BCUT2D eigenvalue weighted by Crippen LogP contribution is -2.56. The number of likely N-dealkylation sites (N-methyl/N-ethyl adjacent to an activating group) is 1. The van der Waals surface area contributed by atoms with Crippen molar-refractivity contribution in [3.05, 3.63) is 0 Å². The summed E-state index contributed by atoms with van der Waals surface area (Å²) in [5.41, 5.74) is 0.0955. The summed E-state index contributed by atoms with van der Waals surface area (Å²) >= 11 is 0. The highest BCUT2D eigenvalue weighted by molar-refractivity contribution is 7.86. The molecule has 1 unspecified atom stereocenters. The lowest BCUT2D eigenvalue weighted by atomic mass is 9.85. The second-order valence-corrected chi connectivity index (χ2v) is 9.06. The van der Waals surface area contributed by atoms with Gasteiger partial charge in [0.25, 0.3) is 10.2 Å². The van der Waals surface area contributed by atoms with Crippen molar-refractivity contribution in [1.29, 1.82) is 0 Å². The first-order valence-electron chi connectivity index (χ1n) is 8.34. The SMILES string of the molecule is CCNCC1CCCCN1S(=O)(=O)N1CCCC(C)(C)C1. The van der Waals surface area contributed by atoms with Crippen molar-refractivity contribution in [2.75, 3.05) is 32.7 Å². The predicted molar refractivity (Wildman–Crippen MR) is 86.4 cm³/mol. The van der Waals surface area contributed by atoms with Crippen LogP contribution in [0.25, 0.3) is 0 Å². The first kappa shape index (κ1) is 17.2. The Hall–Kier alpha value is -0.170. The maximum Gasteiger partial charge on any atom is 0.282 e. The minimum absolute atomic E-state index is 0.0955. The molecule has 2 aliphatic rings. The average molecular weight is 317 g/mol. The Labute approximate surface area is 130 Å². The molecule has 1 N–H and O–H groups in total. The topological polar surface area (TPSA) is 52.7 Å². The quantitative estimate of drug-likeness (QED) is 0.841. The van der Waals surface area contributed by atoms with E-state index >= 15 is 0 Å². The molecule has 6 heteroatoms. The van der Waals surface area contributed by atoms with Gasteiger partial charge in [-0.15, -0.1) is 0 Å². The molecule has 1 atom stereocenters. The molecule has 21 heavy (non-hydrogen) atoms. The van der Waals surface area contributed by atoms with Gasteiger partial charge < -0.3 is 5.32 Å². The molecule has 0 aromatic carbocycles. The number of hydrogen-bond acceptors (Lipinski definition) is 3. The van der Waals surface area contributed by atoms with Gasteiger partial charge in [-0.1, -0.05) is 27.2 Å². The monoisotopic (exact) mass is 317 g/mol. The fourth-order valence-electron chi connectivity index (χ4n) is 3.51. The van der Waals surface area contributed by atoms with Crippen LogP contribution in [0.15, 0.2) is 0 Å². The van der Waals surface area contributed by atoms with Crippen LogP contribution in [0.3, 0.4) is 0 Å². The summed E-state index contributed by atoms with van der Waals surface area (Å²) in [4.78, 5) is 0. The minimum atomic E-state index is -3.31. The molecule has 2 rings (SSSR count). The van der Waals surface area contributed by atoms with E-state index in [0.717, 1.165) is 45.2 Å². The third-order valence-corrected chi connectivity index (χ3v) is 6.73. The number of hydrogen-bond donors (Lipinski definition) is 1. The molecule has 0 aliphatic carbocycles. The number of rotatable bonds is 5. The maximum atomic E-state index is 13.0. The van der Waals surface area contributed by atoms with E-state index in [2.05, 4.69) is 26.1 Å². The van der Waals surface area contributed by atoms with Crippen LogP contribution >= 0.6 is 0 Å². The van der Waals surface area contributed by atoms with Crippen LogP contribution in [-0.4, -0.2) is 55.8 Å². The summed E-state index contributed by atoms with van der Waals surface area (Å²) in [6.07, 6.45) is 5.17. The Morgan fingerprint density at radius 3 is 2.62 bits per heavy atom. The molecule has 0 spiro atoms. The lowest BCUT2D eigenvalue weighted by molar-refractivity contribution is 0.163. The van der Waals surface area contributed by atoms with Crippen LogP contribution in [0.1, 0.15) is 52.9 Å². The van der Waals surface area contributed by atoms with Gasteiger partial charge in [-0.05, 0) is 37.6 Å². The summed E-state index contributed by atoms with van der Waals surface area (Å²) in [6.45, 7) is 10.1. The largest absolute Gasteiger partial charge is 0.315 e. The maximum absolute atomic E-state index is 13.0. The Morgan fingerprint density at radius 2 is 1.95 bits per heavy atom. The Bertz CT molecular complexity index is 436. The van der Waals surface area contributed by atoms with Gasteiger partial charge in [0.1, 0.15) is 0 Å². The summed E-state index contributed by atoms with van der Waals surface area (Å²) in [7, 11) is -3.31. The van der Waals surface area contributed by atoms with Crippen LogP contribution < -0.4 is 5.32 Å². The normalized spacial score (nSPS) is 28.6. The summed E-state index contributed by atoms with van der Waals surface area (Å²) in [6, 6.07) is 0.119. The molecule has 0 bridgehead atoms. The smallest absolute Gasteiger partial charge is 0.282 e. The first-order valence-corrected chi connectivity index (χ1v) is 9.74. The number of nitrogens with one attached hydrogen (secondary N) is 1. The zero-order valence-electron chi connectivity index (χ0n) is 13.8. The van der Waals surface area contributed by atoms with Crippen LogP contribution in [0, 0.1) is 5.41 Å². The molecule has 0 amide bonds. The highest BCUT2D eigenvalue weighted by Crippen LogP contribution is 2.32. The molecular weight excluding hydrogens is 286 g/mol. The zero-order valence-corrected chi connectivity index (χ0v) is 14.6. The highest BCUT2D eigenvalue weighted by atomic mass is 32.2. The van der Waals surface area contributed by atoms with Gasteiger partial charge in [0, 0.05) is 32.2 Å². The molecule has 2 saturated heterocycles. The summed E-state index contributed by atoms with van der Waals surface area (Å²) in [5.74, 6) is 0. The van der Waals surface area contributed by atoms with E-state index in [9.17, 15) is 8.42 Å². The highest BCUT2D eigenvalue weighted by Gasteiger charge is 2.40.